The Bertz CT molecular complexity index is 1220. The molecule has 0 unspecified atom stereocenters. The predicted molar refractivity (Wildman–Crippen MR) is 111 cm³/mol. The standard InChI is InChI=1S/C22H22N4O2/c1-14(2)13-26-22(28)18-6-4-3-5-17(18)20(25-26)12-21(27)24-16-7-8-19-15(11-16)9-10-23-19/h3-11,14,23H,12-13H2,1-2H3,(H,24,27). The Balaban J connectivity index is 1.65. The predicted octanol–water partition coefficient (Wildman–Crippen LogP) is 3.72. The van der Waals surface area contributed by atoms with Crippen molar-refractivity contribution < 1.29 is 4.79 Å². The van der Waals surface area contributed by atoms with Crippen LogP contribution in [0.25, 0.3) is 21.7 Å². The molecule has 2 aromatic carbocycles. The Morgan fingerprint density at radius 1 is 1.14 bits per heavy atom. The van der Waals surface area contributed by atoms with Gasteiger partial charge in [0.1, 0.15) is 0 Å². The van der Waals surface area contributed by atoms with Gasteiger partial charge in [0.15, 0.2) is 0 Å². The van der Waals surface area contributed by atoms with Crippen molar-refractivity contribution in [1.82, 2.24) is 14.8 Å². The largest absolute Gasteiger partial charge is 0.361 e. The van der Waals surface area contributed by atoms with Crippen LogP contribution in [0.1, 0.15) is 19.5 Å². The molecule has 2 aromatic heterocycles. The SMILES string of the molecule is CC(C)Cn1nc(CC(=O)Nc2ccc3[nH]ccc3c2)c2ccccc2c1=O. The molecule has 4 rings (SSSR count). The Hall–Kier alpha value is -3.41. The van der Waals surface area contributed by atoms with Crippen LogP contribution in [0, 0.1) is 5.92 Å². The maximum atomic E-state index is 12.7. The van der Waals surface area contributed by atoms with Crippen LogP contribution in [0.4, 0.5) is 5.69 Å². The van der Waals surface area contributed by atoms with E-state index in [1.807, 2.05) is 62.5 Å². The third-order valence-electron chi connectivity index (χ3n) is 4.65. The number of fused-ring (bicyclic) bond motifs is 2. The minimum Gasteiger partial charge on any atom is -0.361 e. The Kier molecular flexibility index (Phi) is 4.69. The minimum atomic E-state index is -0.165. The maximum absolute atomic E-state index is 12.7. The average Bonchev–Trinajstić information content (AvgIpc) is 3.13. The summed E-state index contributed by atoms with van der Waals surface area (Å²) >= 11 is 0. The number of nitrogens with zero attached hydrogens (tertiary/aromatic N) is 2. The first-order chi connectivity index (χ1) is 13.5. The summed E-state index contributed by atoms with van der Waals surface area (Å²) in [6, 6.07) is 15.0. The number of benzene rings is 2. The Labute approximate surface area is 162 Å². The molecule has 1 amide bonds. The molecule has 0 aliphatic rings. The second-order valence-corrected chi connectivity index (χ2v) is 7.38. The second kappa shape index (κ2) is 7.31. The van der Waals surface area contributed by atoms with Crippen molar-refractivity contribution in [3.63, 3.8) is 0 Å². The first-order valence-corrected chi connectivity index (χ1v) is 9.37. The molecule has 28 heavy (non-hydrogen) atoms. The van der Waals surface area contributed by atoms with Crippen molar-refractivity contribution >= 4 is 33.3 Å². The number of aromatic nitrogens is 3. The van der Waals surface area contributed by atoms with Crippen molar-refractivity contribution in [3.05, 3.63) is 70.8 Å². The fourth-order valence-electron chi connectivity index (χ4n) is 3.39. The molecule has 0 saturated carbocycles. The summed E-state index contributed by atoms with van der Waals surface area (Å²) in [7, 11) is 0. The number of hydrogen-bond donors (Lipinski definition) is 2. The number of carbonyl (C=O) groups excluding carboxylic acids is 1. The number of nitrogens with one attached hydrogen (secondary N) is 2. The fraction of sp³-hybridized carbons (Fsp3) is 0.227. The van der Waals surface area contributed by atoms with Gasteiger partial charge < -0.3 is 10.3 Å². The van der Waals surface area contributed by atoms with E-state index >= 15 is 0 Å². The topological polar surface area (TPSA) is 79.8 Å². The lowest BCUT2D eigenvalue weighted by Gasteiger charge is -2.13. The van der Waals surface area contributed by atoms with E-state index in [-0.39, 0.29) is 23.8 Å². The molecule has 4 aromatic rings. The molecule has 0 bridgehead atoms. The lowest BCUT2D eigenvalue weighted by atomic mass is 10.1. The van der Waals surface area contributed by atoms with E-state index in [1.165, 1.54) is 4.68 Å². The molecule has 0 saturated heterocycles. The van der Waals surface area contributed by atoms with Crippen LogP contribution in [0.2, 0.25) is 0 Å². The summed E-state index contributed by atoms with van der Waals surface area (Å²) < 4.78 is 1.47. The number of H-pyrrole nitrogens is 1. The van der Waals surface area contributed by atoms with Crippen LogP contribution in [0.15, 0.2) is 59.5 Å². The highest BCUT2D eigenvalue weighted by molar-refractivity contribution is 5.97. The van der Waals surface area contributed by atoms with Gasteiger partial charge in [-0.15, -0.1) is 0 Å². The lowest BCUT2D eigenvalue weighted by Crippen LogP contribution is -2.28. The van der Waals surface area contributed by atoms with Gasteiger partial charge in [-0.2, -0.15) is 5.10 Å². The van der Waals surface area contributed by atoms with Crippen LogP contribution in [0.5, 0.6) is 0 Å². The third kappa shape index (κ3) is 3.53. The number of aromatic amines is 1. The zero-order valence-electron chi connectivity index (χ0n) is 15.9. The van der Waals surface area contributed by atoms with Gasteiger partial charge in [-0.05, 0) is 36.2 Å². The average molecular weight is 374 g/mol. The number of rotatable bonds is 5. The zero-order chi connectivity index (χ0) is 19.7. The third-order valence-corrected chi connectivity index (χ3v) is 4.65. The quantitative estimate of drug-likeness (QED) is 0.559. The highest BCUT2D eigenvalue weighted by Gasteiger charge is 2.14. The molecule has 2 heterocycles. The fourth-order valence-corrected chi connectivity index (χ4v) is 3.39. The first kappa shape index (κ1) is 18.0. The second-order valence-electron chi connectivity index (χ2n) is 7.38. The van der Waals surface area contributed by atoms with Gasteiger partial charge in [0.25, 0.3) is 5.56 Å². The molecule has 0 aliphatic carbocycles. The number of anilines is 1. The van der Waals surface area contributed by atoms with Gasteiger partial charge in [0.05, 0.1) is 17.5 Å². The van der Waals surface area contributed by atoms with E-state index in [4.69, 9.17) is 0 Å². The molecule has 6 nitrogen and oxygen atoms in total. The molecule has 0 aliphatic heterocycles. The molecule has 142 valence electrons. The molecule has 6 heteroatoms. The van der Waals surface area contributed by atoms with Gasteiger partial charge in [0, 0.05) is 34.7 Å². The highest BCUT2D eigenvalue weighted by atomic mass is 16.1. The molecule has 2 N–H and O–H groups in total. The minimum absolute atomic E-state index is 0.101. The molecule has 0 atom stereocenters. The number of hydrogen-bond acceptors (Lipinski definition) is 3. The smallest absolute Gasteiger partial charge is 0.274 e. The number of amides is 1. The van der Waals surface area contributed by atoms with Gasteiger partial charge >= 0.3 is 0 Å². The monoisotopic (exact) mass is 374 g/mol. The van der Waals surface area contributed by atoms with E-state index in [1.54, 1.807) is 6.07 Å². The van der Waals surface area contributed by atoms with E-state index in [9.17, 15) is 9.59 Å². The Morgan fingerprint density at radius 3 is 2.71 bits per heavy atom. The molecular formula is C22H22N4O2. The molecule has 0 fully saturated rings. The summed E-state index contributed by atoms with van der Waals surface area (Å²) in [6.45, 7) is 4.59. The molecule has 0 radical (unpaired) electrons. The highest BCUT2D eigenvalue weighted by Crippen LogP contribution is 2.19. The summed E-state index contributed by atoms with van der Waals surface area (Å²) in [5.74, 6) is 0.114. The van der Waals surface area contributed by atoms with Crippen LogP contribution < -0.4 is 10.9 Å². The summed E-state index contributed by atoms with van der Waals surface area (Å²) in [4.78, 5) is 28.5. The van der Waals surface area contributed by atoms with E-state index < -0.39 is 0 Å². The van der Waals surface area contributed by atoms with Crippen molar-refractivity contribution in [2.75, 3.05) is 5.32 Å². The van der Waals surface area contributed by atoms with Gasteiger partial charge in [-0.25, -0.2) is 4.68 Å². The van der Waals surface area contributed by atoms with Crippen LogP contribution in [0.3, 0.4) is 0 Å². The lowest BCUT2D eigenvalue weighted by molar-refractivity contribution is -0.115. The molecular weight excluding hydrogens is 352 g/mol. The van der Waals surface area contributed by atoms with Crippen LogP contribution in [-0.4, -0.2) is 20.7 Å². The maximum Gasteiger partial charge on any atom is 0.274 e. The zero-order valence-corrected chi connectivity index (χ0v) is 15.9. The summed E-state index contributed by atoms with van der Waals surface area (Å²) in [5.41, 5.74) is 2.24. The Morgan fingerprint density at radius 2 is 1.93 bits per heavy atom. The normalized spacial score (nSPS) is 11.4. The van der Waals surface area contributed by atoms with Gasteiger partial charge in [-0.1, -0.05) is 32.0 Å². The van der Waals surface area contributed by atoms with Crippen molar-refractivity contribution in [3.8, 4) is 0 Å². The first-order valence-electron chi connectivity index (χ1n) is 9.37. The van der Waals surface area contributed by atoms with E-state index in [0.29, 0.717) is 17.6 Å². The number of carbonyl (C=O) groups is 1. The molecule has 0 spiro atoms. The summed E-state index contributed by atoms with van der Waals surface area (Å²) in [5, 5.41) is 9.79. The van der Waals surface area contributed by atoms with E-state index in [0.717, 1.165) is 22.0 Å². The summed E-state index contributed by atoms with van der Waals surface area (Å²) in [6.07, 6.45) is 1.97. The van der Waals surface area contributed by atoms with Crippen molar-refractivity contribution in [2.24, 2.45) is 5.92 Å². The van der Waals surface area contributed by atoms with E-state index in [2.05, 4.69) is 15.4 Å². The van der Waals surface area contributed by atoms with Crippen LogP contribution >= 0.6 is 0 Å². The van der Waals surface area contributed by atoms with Crippen molar-refractivity contribution in [2.45, 2.75) is 26.8 Å². The van der Waals surface area contributed by atoms with Crippen molar-refractivity contribution in [1.29, 1.82) is 0 Å². The van der Waals surface area contributed by atoms with Crippen LogP contribution in [-0.2, 0) is 17.8 Å². The van der Waals surface area contributed by atoms with Gasteiger partial charge in [-0.3, -0.25) is 9.59 Å². The van der Waals surface area contributed by atoms with Gasteiger partial charge in [0.2, 0.25) is 5.91 Å².